The number of nitrogens with one attached hydrogen (secondary N) is 1. The number of aliphatic imine (C=N–C) groups is 1. The molecule has 1 aliphatic heterocycles. The van der Waals surface area contributed by atoms with Gasteiger partial charge in [-0.05, 0) is 36.7 Å². The summed E-state index contributed by atoms with van der Waals surface area (Å²) in [5.41, 5.74) is 2.04. The summed E-state index contributed by atoms with van der Waals surface area (Å²) in [7, 11) is 5.39. The molecule has 0 fully saturated rings. The lowest BCUT2D eigenvalue weighted by Gasteiger charge is -2.36. The highest BCUT2D eigenvalue weighted by atomic mass is 16.5. The summed E-state index contributed by atoms with van der Waals surface area (Å²) < 4.78 is 11.2. The van der Waals surface area contributed by atoms with Crippen LogP contribution in [-0.4, -0.2) is 39.2 Å². The van der Waals surface area contributed by atoms with Gasteiger partial charge in [0.05, 0.1) is 12.6 Å². The summed E-state index contributed by atoms with van der Waals surface area (Å²) in [6.45, 7) is 0. The normalized spacial score (nSPS) is 20.6. The van der Waals surface area contributed by atoms with Crippen molar-refractivity contribution in [1.29, 1.82) is 0 Å². The highest BCUT2D eigenvalue weighted by Gasteiger charge is 2.40. The number of allylic oxidation sites excluding steroid dienone is 1. The van der Waals surface area contributed by atoms with Crippen LogP contribution in [0.4, 0.5) is 0 Å². The van der Waals surface area contributed by atoms with E-state index in [0.717, 1.165) is 24.2 Å². The number of rotatable bonds is 9. The van der Waals surface area contributed by atoms with Crippen LogP contribution < -0.4 is 10.1 Å². The van der Waals surface area contributed by atoms with Crippen LogP contribution in [0.15, 0.2) is 71.7 Å². The average Bonchev–Trinajstić information content (AvgIpc) is 3.19. The molecule has 2 aromatic rings. The maximum atomic E-state index is 5.64. The van der Waals surface area contributed by atoms with E-state index < -0.39 is 0 Å². The predicted octanol–water partition coefficient (Wildman–Crippen LogP) is 3.98. The van der Waals surface area contributed by atoms with Gasteiger partial charge in [-0.3, -0.25) is 10.3 Å². The summed E-state index contributed by atoms with van der Waals surface area (Å²) in [6, 6.07) is 18.8. The molecule has 0 bridgehead atoms. The first-order chi connectivity index (χ1) is 13.2. The molecule has 0 aliphatic carbocycles. The lowest BCUT2D eigenvalue weighted by atomic mass is 9.74. The van der Waals surface area contributed by atoms with E-state index in [-0.39, 0.29) is 17.7 Å². The van der Waals surface area contributed by atoms with Crippen LogP contribution in [0.5, 0.6) is 5.75 Å². The number of ether oxygens (including phenoxy) is 2. The topological polar surface area (TPSA) is 42.8 Å². The molecule has 3 unspecified atom stereocenters. The first-order valence-corrected chi connectivity index (χ1v) is 9.32. The Bertz CT molecular complexity index is 770. The third kappa shape index (κ3) is 4.29. The Hall–Kier alpha value is -2.43. The molecule has 3 atom stereocenters. The molecule has 1 N–H and O–H groups in total. The van der Waals surface area contributed by atoms with Gasteiger partial charge < -0.3 is 9.47 Å². The lowest BCUT2D eigenvalue weighted by Crippen LogP contribution is -2.39. The smallest absolute Gasteiger partial charge is 0.122 e. The molecule has 1 heterocycles. The van der Waals surface area contributed by atoms with Crippen molar-refractivity contribution in [3.8, 4) is 5.75 Å². The van der Waals surface area contributed by atoms with Crippen LogP contribution in [0.2, 0.25) is 0 Å². The van der Waals surface area contributed by atoms with Crippen LogP contribution in [-0.2, 0) is 11.2 Å². The van der Waals surface area contributed by atoms with Crippen molar-refractivity contribution in [2.45, 2.75) is 30.5 Å². The average molecular weight is 364 g/mol. The zero-order valence-corrected chi connectivity index (χ0v) is 16.3. The second-order valence-corrected chi connectivity index (χ2v) is 6.83. The van der Waals surface area contributed by atoms with E-state index in [1.807, 2.05) is 37.5 Å². The van der Waals surface area contributed by atoms with Gasteiger partial charge in [0.1, 0.15) is 12.0 Å². The Kier molecular flexibility index (Phi) is 6.43. The third-order valence-corrected chi connectivity index (χ3v) is 5.31. The van der Waals surface area contributed by atoms with Crippen molar-refractivity contribution < 1.29 is 9.47 Å². The number of hydrogen-bond donors (Lipinski definition) is 1. The second-order valence-electron chi connectivity index (χ2n) is 6.83. The highest BCUT2D eigenvalue weighted by Crippen LogP contribution is 2.42. The molecule has 4 heteroatoms. The second kappa shape index (κ2) is 8.98. The van der Waals surface area contributed by atoms with Crippen molar-refractivity contribution in [2.75, 3.05) is 21.3 Å². The quantitative estimate of drug-likeness (QED) is 0.685. The van der Waals surface area contributed by atoms with Gasteiger partial charge in [0, 0.05) is 25.7 Å². The number of nitrogens with zero attached hydrogens (tertiary/aromatic N) is 1. The fourth-order valence-electron chi connectivity index (χ4n) is 3.88. The molecule has 0 radical (unpaired) electrons. The van der Waals surface area contributed by atoms with E-state index in [2.05, 4.69) is 47.8 Å². The van der Waals surface area contributed by atoms with Gasteiger partial charge in [-0.25, -0.2) is 0 Å². The minimum atomic E-state index is -0.371. The summed E-state index contributed by atoms with van der Waals surface area (Å²) in [4.78, 5) is 4.96. The van der Waals surface area contributed by atoms with Crippen LogP contribution in [0.25, 0.3) is 0 Å². The zero-order chi connectivity index (χ0) is 19.1. The van der Waals surface area contributed by atoms with Crippen molar-refractivity contribution in [2.24, 2.45) is 4.99 Å². The van der Waals surface area contributed by atoms with E-state index >= 15 is 0 Å². The van der Waals surface area contributed by atoms with Gasteiger partial charge in [-0.15, -0.1) is 0 Å². The standard InChI is InChI=1S/C23H28N2O2/c1-24-22(27-3)16-20(18-10-5-4-6-11-18)23(14-9-15-25-23)17-19-12-7-8-13-21(19)26-2/h4-15,20,22,24H,16-17H2,1-3H3. The minimum Gasteiger partial charge on any atom is -0.496 e. The van der Waals surface area contributed by atoms with E-state index in [4.69, 9.17) is 14.5 Å². The van der Waals surface area contributed by atoms with Gasteiger partial charge in [-0.1, -0.05) is 54.6 Å². The summed E-state index contributed by atoms with van der Waals surface area (Å²) in [5, 5.41) is 3.26. The number of para-hydroxylation sites is 1. The molecule has 3 rings (SSSR count). The molecular weight excluding hydrogens is 336 g/mol. The minimum absolute atomic E-state index is 0.0473. The maximum Gasteiger partial charge on any atom is 0.122 e. The summed E-state index contributed by atoms with van der Waals surface area (Å²) >= 11 is 0. The van der Waals surface area contributed by atoms with Crippen LogP contribution >= 0.6 is 0 Å². The Labute approximate surface area is 161 Å². The van der Waals surface area contributed by atoms with Gasteiger partial charge in [0.2, 0.25) is 0 Å². The van der Waals surface area contributed by atoms with Gasteiger partial charge in [0.25, 0.3) is 0 Å². The molecule has 4 nitrogen and oxygen atoms in total. The zero-order valence-electron chi connectivity index (χ0n) is 16.3. The fraction of sp³-hybridized carbons (Fsp3) is 0.348. The molecular formula is C23H28N2O2. The van der Waals surface area contributed by atoms with Crippen molar-refractivity contribution >= 4 is 6.21 Å². The Morgan fingerprint density at radius 2 is 1.78 bits per heavy atom. The molecule has 0 amide bonds. The highest BCUT2D eigenvalue weighted by molar-refractivity contribution is 5.76. The number of benzene rings is 2. The first kappa shape index (κ1) is 19.3. The van der Waals surface area contributed by atoms with Crippen molar-refractivity contribution in [3.63, 3.8) is 0 Å². The Balaban J connectivity index is 2.02. The van der Waals surface area contributed by atoms with Crippen molar-refractivity contribution in [1.82, 2.24) is 5.32 Å². The molecule has 0 saturated heterocycles. The van der Waals surface area contributed by atoms with Gasteiger partial charge in [-0.2, -0.15) is 0 Å². The molecule has 0 aromatic heterocycles. The van der Waals surface area contributed by atoms with Crippen LogP contribution in [0.1, 0.15) is 23.5 Å². The van der Waals surface area contributed by atoms with Crippen LogP contribution in [0.3, 0.4) is 0 Å². The maximum absolute atomic E-state index is 5.64. The molecule has 0 spiro atoms. The number of methoxy groups -OCH3 is 2. The molecule has 142 valence electrons. The predicted molar refractivity (Wildman–Crippen MR) is 111 cm³/mol. The largest absolute Gasteiger partial charge is 0.496 e. The Morgan fingerprint density at radius 3 is 2.41 bits per heavy atom. The summed E-state index contributed by atoms with van der Waals surface area (Å²) in [6.07, 6.45) is 7.71. The fourth-order valence-corrected chi connectivity index (χ4v) is 3.88. The first-order valence-electron chi connectivity index (χ1n) is 9.32. The lowest BCUT2D eigenvalue weighted by molar-refractivity contribution is 0.0618. The molecule has 0 saturated carbocycles. The van der Waals surface area contributed by atoms with Crippen molar-refractivity contribution in [3.05, 3.63) is 77.9 Å². The third-order valence-electron chi connectivity index (χ3n) is 5.31. The molecule has 1 aliphatic rings. The van der Waals surface area contributed by atoms with Crippen LogP contribution in [0, 0.1) is 0 Å². The SMILES string of the molecule is CNC(CC(c1ccccc1)C1(Cc2ccccc2OC)C=CC=N1)OC. The van der Waals surface area contributed by atoms with E-state index in [1.165, 1.54) is 5.56 Å². The number of hydrogen-bond acceptors (Lipinski definition) is 4. The van der Waals surface area contributed by atoms with E-state index in [1.54, 1.807) is 14.2 Å². The monoisotopic (exact) mass is 364 g/mol. The van der Waals surface area contributed by atoms with Gasteiger partial charge in [0.15, 0.2) is 0 Å². The van der Waals surface area contributed by atoms with E-state index in [9.17, 15) is 0 Å². The molecule has 27 heavy (non-hydrogen) atoms. The van der Waals surface area contributed by atoms with E-state index in [0.29, 0.717) is 0 Å². The van der Waals surface area contributed by atoms with Gasteiger partial charge >= 0.3 is 0 Å². The summed E-state index contributed by atoms with van der Waals surface area (Å²) in [5.74, 6) is 1.06. The Morgan fingerprint density at radius 1 is 1.04 bits per heavy atom. The molecule has 2 aromatic carbocycles.